The molecule has 1 amide bonds. The molecule has 0 bridgehead atoms. The summed E-state index contributed by atoms with van der Waals surface area (Å²) >= 11 is 0. The lowest BCUT2D eigenvalue weighted by molar-refractivity contribution is 0.0980. The van der Waals surface area contributed by atoms with Crippen molar-refractivity contribution in [3.63, 3.8) is 0 Å². The zero-order valence-electron chi connectivity index (χ0n) is 11.2. The van der Waals surface area contributed by atoms with Gasteiger partial charge in [0, 0.05) is 25.0 Å². The smallest absolute Gasteiger partial charge is 0.278 e. The van der Waals surface area contributed by atoms with Crippen LogP contribution in [0.5, 0.6) is 5.75 Å². The largest absolute Gasteiger partial charge is 0.497 e. The van der Waals surface area contributed by atoms with Crippen molar-refractivity contribution in [2.45, 2.75) is 12.8 Å². The number of aryl methyl sites for hydroxylation is 1. The minimum absolute atomic E-state index is 0.118. The van der Waals surface area contributed by atoms with Crippen LogP contribution in [0.2, 0.25) is 0 Å². The fourth-order valence-electron chi connectivity index (χ4n) is 2.44. The predicted octanol–water partition coefficient (Wildman–Crippen LogP) is 2.08. The highest BCUT2D eigenvalue weighted by molar-refractivity contribution is 6.05. The van der Waals surface area contributed by atoms with Gasteiger partial charge in [-0.1, -0.05) is 6.07 Å². The van der Waals surface area contributed by atoms with Gasteiger partial charge in [-0.3, -0.25) is 9.78 Å². The van der Waals surface area contributed by atoms with E-state index in [1.54, 1.807) is 18.2 Å². The minimum Gasteiger partial charge on any atom is -0.497 e. The Hall–Kier alpha value is -2.43. The lowest BCUT2D eigenvalue weighted by Crippen LogP contribution is -2.36. The standard InChI is InChI=1S/C15H15N3O2/c1-20-12-5-4-11-3-2-8-18(14(11)9-12)15(19)13-10-16-6-7-17-13/h4-7,9-10H,2-3,8H2,1H3. The first-order valence-corrected chi connectivity index (χ1v) is 6.54. The summed E-state index contributed by atoms with van der Waals surface area (Å²) in [6.45, 7) is 0.690. The predicted molar refractivity (Wildman–Crippen MR) is 75.0 cm³/mol. The molecule has 1 aliphatic rings. The van der Waals surface area contributed by atoms with Crippen molar-refractivity contribution >= 4 is 11.6 Å². The number of aromatic nitrogens is 2. The van der Waals surface area contributed by atoms with Crippen molar-refractivity contribution in [1.82, 2.24) is 9.97 Å². The van der Waals surface area contributed by atoms with Gasteiger partial charge in [-0.05, 0) is 24.5 Å². The fourth-order valence-corrected chi connectivity index (χ4v) is 2.44. The quantitative estimate of drug-likeness (QED) is 0.837. The Kier molecular flexibility index (Phi) is 3.33. The van der Waals surface area contributed by atoms with Gasteiger partial charge >= 0.3 is 0 Å². The highest BCUT2D eigenvalue weighted by Crippen LogP contribution is 2.31. The van der Waals surface area contributed by atoms with Crippen molar-refractivity contribution in [3.05, 3.63) is 48.0 Å². The number of carbonyl (C=O) groups excluding carboxylic acids is 1. The molecule has 3 rings (SSSR count). The summed E-state index contributed by atoms with van der Waals surface area (Å²) in [7, 11) is 1.62. The molecule has 1 aromatic carbocycles. The normalized spacial score (nSPS) is 13.8. The third kappa shape index (κ3) is 2.22. The van der Waals surface area contributed by atoms with Crippen molar-refractivity contribution in [2.75, 3.05) is 18.6 Å². The van der Waals surface area contributed by atoms with E-state index in [0.29, 0.717) is 12.2 Å². The first kappa shape index (κ1) is 12.6. The van der Waals surface area contributed by atoms with E-state index in [1.165, 1.54) is 12.4 Å². The molecule has 0 radical (unpaired) electrons. The topological polar surface area (TPSA) is 55.3 Å². The maximum absolute atomic E-state index is 12.5. The maximum atomic E-state index is 12.5. The van der Waals surface area contributed by atoms with Gasteiger partial charge in [-0.25, -0.2) is 4.98 Å². The molecule has 0 spiro atoms. The van der Waals surface area contributed by atoms with Crippen LogP contribution in [-0.4, -0.2) is 29.5 Å². The van der Waals surface area contributed by atoms with Gasteiger partial charge in [0.2, 0.25) is 0 Å². The Morgan fingerprint density at radius 3 is 3.00 bits per heavy atom. The highest BCUT2D eigenvalue weighted by atomic mass is 16.5. The van der Waals surface area contributed by atoms with Gasteiger partial charge in [0.1, 0.15) is 11.4 Å². The molecule has 1 aromatic heterocycles. The van der Waals surface area contributed by atoms with Crippen LogP contribution in [0.4, 0.5) is 5.69 Å². The van der Waals surface area contributed by atoms with Gasteiger partial charge in [0.05, 0.1) is 19.0 Å². The average molecular weight is 269 g/mol. The second kappa shape index (κ2) is 5.28. The number of nitrogens with zero attached hydrogens (tertiary/aromatic N) is 3. The van der Waals surface area contributed by atoms with Crippen LogP contribution in [-0.2, 0) is 6.42 Å². The van der Waals surface area contributed by atoms with Crippen molar-refractivity contribution in [3.8, 4) is 5.75 Å². The number of rotatable bonds is 2. The summed E-state index contributed by atoms with van der Waals surface area (Å²) in [5.41, 5.74) is 2.43. The van der Waals surface area contributed by atoms with Crippen LogP contribution in [0, 0.1) is 0 Å². The van der Waals surface area contributed by atoms with E-state index in [-0.39, 0.29) is 5.91 Å². The second-order valence-electron chi connectivity index (χ2n) is 4.65. The van der Waals surface area contributed by atoms with Crippen LogP contribution in [0.1, 0.15) is 22.5 Å². The molecule has 0 N–H and O–H groups in total. The average Bonchev–Trinajstić information content (AvgIpc) is 2.54. The Bertz CT molecular complexity index is 628. The molecule has 2 aromatic rings. The van der Waals surface area contributed by atoms with Gasteiger partial charge in [-0.15, -0.1) is 0 Å². The van der Waals surface area contributed by atoms with E-state index in [9.17, 15) is 4.79 Å². The van der Waals surface area contributed by atoms with Crippen molar-refractivity contribution < 1.29 is 9.53 Å². The van der Waals surface area contributed by atoms with Crippen molar-refractivity contribution in [2.24, 2.45) is 0 Å². The molecule has 5 nitrogen and oxygen atoms in total. The number of carbonyl (C=O) groups is 1. The molecule has 0 unspecified atom stereocenters. The number of methoxy groups -OCH3 is 1. The zero-order valence-corrected chi connectivity index (χ0v) is 11.2. The first-order valence-electron chi connectivity index (χ1n) is 6.54. The Balaban J connectivity index is 1.99. The first-order chi connectivity index (χ1) is 9.79. The van der Waals surface area contributed by atoms with E-state index in [0.717, 1.165) is 29.8 Å². The minimum atomic E-state index is -0.118. The second-order valence-corrected chi connectivity index (χ2v) is 4.65. The number of ether oxygens (including phenoxy) is 1. The molecule has 2 heterocycles. The third-order valence-corrected chi connectivity index (χ3v) is 3.44. The molecule has 0 saturated carbocycles. The zero-order chi connectivity index (χ0) is 13.9. The van der Waals surface area contributed by atoms with Crippen molar-refractivity contribution in [1.29, 1.82) is 0 Å². The van der Waals surface area contributed by atoms with E-state index in [2.05, 4.69) is 9.97 Å². The number of hydrogen-bond donors (Lipinski definition) is 0. The summed E-state index contributed by atoms with van der Waals surface area (Å²) in [6.07, 6.45) is 6.51. The SMILES string of the molecule is COc1ccc2c(c1)N(C(=O)c1cnccn1)CCC2. The molecule has 5 heteroatoms. The summed E-state index contributed by atoms with van der Waals surface area (Å²) in [6, 6.07) is 5.85. The van der Waals surface area contributed by atoms with Crippen LogP contribution in [0.3, 0.4) is 0 Å². The number of hydrogen-bond acceptors (Lipinski definition) is 4. The maximum Gasteiger partial charge on any atom is 0.278 e. The number of fused-ring (bicyclic) bond motifs is 1. The van der Waals surface area contributed by atoms with Gasteiger partial charge in [-0.2, -0.15) is 0 Å². The van der Waals surface area contributed by atoms with Crippen LogP contribution in [0.15, 0.2) is 36.8 Å². The van der Waals surface area contributed by atoms with E-state index < -0.39 is 0 Å². The third-order valence-electron chi connectivity index (χ3n) is 3.44. The summed E-state index contributed by atoms with van der Waals surface area (Å²) < 4.78 is 5.25. The summed E-state index contributed by atoms with van der Waals surface area (Å²) in [4.78, 5) is 22.3. The molecule has 0 aliphatic carbocycles. The fraction of sp³-hybridized carbons (Fsp3) is 0.267. The molecule has 20 heavy (non-hydrogen) atoms. The molecule has 0 fully saturated rings. The lowest BCUT2D eigenvalue weighted by atomic mass is 10.0. The number of anilines is 1. The van der Waals surface area contributed by atoms with Crippen LogP contribution >= 0.6 is 0 Å². The van der Waals surface area contributed by atoms with Crippen LogP contribution < -0.4 is 9.64 Å². The Morgan fingerprint density at radius 1 is 1.35 bits per heavy atom. The molecular weight excluding hydrogens is 254 g/mol. The molecule has 0 saturated heterocycles. The summed E-state index contributed by atoms with van der Waals surface area (Å²) in [5.74, 6) is 0.634. The van der Waals surface area contributed by atoms with Gasteiger partial charge in [0.15, 0.2) is 0 Å². The highest BCUT2D eigenvalue weighted by Gasteiger charge is 2.24. The summed E-state index contributed by atoms with van der Waals surface area (Å²) in [5, 5.41) is 0. The molecule has 0 atom stereocenters. The van der Waals surface area contributed by atoms with Gasteiger partial charge < -0.3 is 9.64 Å². The molecule has 1 aliphatic heterocycles. The number of amides is 1. The number of benzene rings is 1. The molecular formula is C15H15N3O2. The van der Waals surface area contributed by atoms with E-state index in [4.69, 9.17) is 4.74 Å². The van der Waals surface area contributed by atoms with Crippen LogP contribution in [0.25, 0.3) is 0 Å². The Morgan fingerprint density at radius 2 is 2.25 bits per heavy atom. The Labute approximate surface area is 117 Å². The monoisotopic (exact) mass is 269 g/mol. The lowest BCUT2D eigenvalue weighted by Gasteiger charge is -2.29. The molecule has 102 valence electrons. The van der Waals surface area contributed by atoms with E-state index >= 15 is 0 Å². The van der Waals surface area contributed by atoms with E-state index in [1.807, 2.05) is 18.2 Å². The van der Waals surface area contributed by atoms with Gasteiger partial charge in [0.25, 0.3) is 5.91 Å².